The second-order valence-electron chi connectivity index (χ2n) is 4.44. The van der Waals surface area contributed by atoms with E-state index in [0.717, 1.165) is 17.9 Å². The smallest absolute Gasteiger partial charge is 0.135 e. The van der Waals surface area contributed by atoms with Crippen LogP contribution in [0.1, 0.15) is 26.7 Å². The number of nitrogens with two attached hydrogens (primary N) is 1. The number of hydrogen-bond donors (Lipinski definition) is 2. The van der Waals surface area contributed by atoms with E-state index in [1.165, 1.54) is 15.3 Å². The Morgan fingerprint density at radius 1 is 1.22 bits per heavy atom. The zero-order valence-electron chi connectivity index (χ0n) is 11.2. The van der Waals surface area contributed by atoms with Crippen molar-refractivity contribution in [1.29, 1.82) is 0 Å². The van der Waals surface area contributed by atoms with E-state index >= 15 is 0 Å². The molecule has 0 aromatic carbocycles. The first kappa shape index (κ1) is 12.8. The number of nitrogens with one attached hydrogen (secondary N) is 1. The van der Waals surface area contributed by atoms with Crippen LogP contribution in [0, 0.1) is 27.7 Å². The standard InChI is InChI=1S/C13H18N4S/c1-7-5-11(18-9(7)3)6-15-13-8(2)12(14)16-10(4)17-13/h5H,6H2,1-4H3,(H3,14,15,16,17). The Hall–Kier alpha value is -1.62. The zero-order chi connectivity index (χ0) is 13.3. The van der Waals surface area contributed by atoms with Gasteiger partial charge in [-0.1, -0.05) is 0 Å². The molecule has 0 amide bonds. The molecule has 0 aliphatic carbocycles. The molecule has 2 rings (SSSR count). The van der Waals surface area contributed by atoms with Gasteiger partial charge < -0.3 is 11.1 Å². The number of thiophene rings is 1. The van der Waals surface area contributed by atoms with E-state index < -0.39 is 0 Å². The molecule has 0 aliphatic heterocycles. The highest BCUT2D eigenvalue weighted by molar-refractivity contribution is 7.12. The molecule has 0 saturated heterocycles. The molecule has 2 heterocycles. The number of anilines is 2. The second-order valence-corrected chi connectivity index (χ2v) is 5.78. The summed E-state index contributed by atoms with van der Waals surface area (Å²) >= 11 is 1.81. The molecule has 0 fully saturated rings. The summed E-state index contributed by atoms with van der Waals surface area (Å²) in [5, 5.41) is 3.33. The van der Waals surface area contributed by atoms with Crippen molar-refractivity contribution in [2.24, 2.45) is 0 Å². The summed E-state index contributed by atoms with van der Waals surface area (Å²) in [7, 11) is 0. The van der Waals surface area contributed by atoms with Gasteiger partial charge in [0.15, 0.2) is 0 Å². The van der Waals surface area contributed by atoms with Gasteiger partial charge in [-0.15, -0.1) is 11.3 Å². The summed E-state index contributed by atoms with van der Waals surface area (Å²) in [5.41, 5.74) is 8.08. The minimum absolute atomic E-state index is 0.545. The molecule has 0 unspecified atom stereocenters. The van der Waals surface area contributed by atoms with Crippen molar-refractivity contribution < 1.29 is 0 Å². The molecular weight excluding hydrogens is 244 g/mol. The van der Waals surface area contributed by atoms with E-state index in [0.29, 0.717) is 11.6 Å². The molecule has 5 heteroatoms. The largest absolute Gasteiger partial charge is 0.383 e. The van der Waals surface area contributed by atoms with Crippen molar-refractivity contribution in [3.8, 4) is 0 Å². The topological polar surface area (TPSA) is 63.8 Å². The van der Waals surface area contributed by atoms with Gasteiger partial charge in [0.25, 0.3) is 0 Å². The van der Waals surface area contributed by atoms with Crippen molar-refractivity contribution in [1.82, 2.24) is 9.97 Å². The summed E-state index contributed by atoms with van der Waals surface area (Å²) in [6, 6.07) is 2.21. The van der Waals surface area contributed by atoms with E-state index in [1.807, 2.05) is 25.2 Å². The Morgan fingerprint density at radius 3 is 2.56 bits per heavy atom. The fraction of sp³-hybridized carbons (Fsp3) is 0.385. The Kier molecular flexibility index (Phi) is 3.52. The quantitative estimate of drug-likeness (QED) is 0.892. The predicted molar refractivity (Wildman–Crippen MR) is 77.0 cm³/mol. The molecule has 0 bridgehead atoms. The molecule has 0 atom stereocenters. The Balaban J connectivity index is 2.15. The molecule has 0 spiro atoms. The van der Waals surface area contributed by atoms with Crippen LogP contribution >= 0.6 is 11.3 Å². The van der Waals surface area contributed by atoms with Crippen molar-refractivity contribution >= 4 is 23.0 Å². The number of hydrogen-bond acceptors (Lipinski definition) is 5. The van der Waals surface area contributed by atoms with Gasteiger partial charge in [-0.05, 0) is 39.3 Å². The first-order valence-electron chi connectivity index (χ1n) is 5.88. The molecule has 0 aliphatic rings. The maximum Gasteiger partial charge on any atom is 0.135 e. The highest BCUT2D eigenvalue weighted by atomic mass is 32.1. The third kappa shape index (κ3) is 2.61. The van der Waals surface area contributed by atoms with Gasteiger partial charge in [0.1, 0.15) is 17.5 Å². The lowest BCUT2D eigenvalue weighted by molar-refractivity contribution is 1.02. The summed E-state index contributed by atoms with van der Waals surface area (Å²) < 4.78 is 0. The SMILES string of the molecule is Cc1nc(N)c(C)c(NCc2cc(C)c(C)s2)n1. The number of nitrogens with zero attached hydrogens (tertiary/aromatic N) is 2. The lowest BCUT2D eigenvalue weighted by atomic mass is 10.2. The maximum atomic E-state index is 5.83. The Morgan fingerprint density at radius 2 is 1.94 bits per heavy atom. The fourth-order valence-electron chi connectivity index (χ4n) is 1.73. The molecule has 0 saturated carbocycles. The van der Waals surface area contributed by atoms with Gasteiger partial charge in [-0.25, -0.2) is 9.97 Å². The molecule has 2 aromatic rings. The molecule has 18 heavy (non-hydrogen) atoms. The van der Waals surface area contributed by atoms with Crippen LogP contribution in [-0.4, -0.2) is 9.97 Å². The van der Waals surface area contributed by atoms with Gasteiger partial charge in [-0.2, -0.15) is 0 Å². The van der Waals surface area contributed by atoms with Crippen LogP contribution in [0.4, 0.5) is 11.6 Å². The first-order chi connectivity index (χ1) is 8.47. The number of nitrogen functional groups attached to an aromatic ring is 1. The molecule has 0 radical (unpaired) electrons. The Labute approximate surface area is 111 Å². The van der Waals surface area contributed by atoms with Crippen LogP contribution in [0.15, 0.2) is 6.07 Å². The lowest BCUT2D eigenvalue weighted by Crippen LogP contribution is -2.07. The fourth-order valence-corrected chi connectivity index (χ4v) is 2.72. The summed E-state index contributed by atoms with van der Waals surface area (Å²) in [4.78, 5) is 11.2. The van der Waals surface area contributed by atoms with Crippen LogP contribution in [0.3, 0.4) is 0 Å². The van der Waals surface area contributed by atoms with E-state index in [1.54, 1.807) is 0 Å². The van der Waals surface area contributed by atoms with Crippen molar-refractivity contribution in [3.63, 3.8) is 0 Å². The molecule has 2 aromatic heterocycles. The minimum Gasteiger partial charge on any atom is -0.383 e. The molecular formula is C13H18N4S. The van der Waals surface area contributed by atoms with E-state index in [2.05, 4.69) is 35.2 Å². The van der Waals surface area contributed by atoms with Gasteiger partial charge in [0, 0.05) is 15.3 Å². The number of aromatic nitrogens is 2. The van der Waals surface area contributed by atoms with Gasteiger partial charge in [-0.3, -0.25) is 0 Å². The molecule has 96 valence electrons. The van der Waals surface area contributed by atoms with E-state index in [9.17, 15) is 0 Å². The maximum absolute atomic E-state index is 5.83. The van der Waals surface area contributed by atoms with Gasteiger partial charge in [0.05, 0.1) is 6.54 Å². The highest BCUT2D eigenvalue weighted by Crippen LogP contribution is 2.23. The minimum atomic E-state index is 0.545. The summed E-state index contributed by atoms with van der Waals surface area (Å²) in [5.74, 6) is 2.06. The third-order valence-corrected chi connectivity index (χ3v) is 4.09. The van der Waals surface area contributed by atoms with E-state index in [4.69, 9.17) is 5.73 Å². The first-order valence-corrected chi connectivity index (χ1v) is 6.69. The average Bonchev–Trinajstić information content (AvgIpc) is 2.61. The van der Waals surface area contributed by atoms with Crippen molar-refractivity contribution in [2.75, 3.05) is 11.1 Å². The Bertz CT molecular complexity index is 555. The monoisotopic (exact) mass is 262 g/mol. The van der Waals surface area contributed by atoms with Gasteiger partial charge in [0.2, 0.25) is 0 Å². The zero-order valence-corrected chi connectivity index (χ0v) is 12.0. The van der Waals surface area contributed by atoms with Crippen LogP contribution in [0.5, 0.6) is 0 Å². The van der Waals surface area contributed by atoms with Crippen LogP contribution < -0.4 is 11.1 Å². The van der Waals surface area contributed by atoms with Crippen LogP contribution in [0.2, 0.25) is 0 Å². The van der Waals surface area contributed by atoms with E-state index in [-0.39, 0.29) is 0 Å². The van der Waals surface area contributed by atoms with Crippen LogP contribution in [0.25, 0.3) is 0 Å². The second kappa shape index (κ2) is 4.94. The highest BCUT2D eigenvalue weighted by Gasteiger charge is 2.07. The molecule has 4 nitrogen and oxygen atoms in total. The third-order valence-electron chi connectivity index (χ3n) is 2.94. The van der Waals surface area contributed by atoms with Crippen molar-refractivity contribution in [2.45, 2.75) is 34.2 Å². The summed E-state index contributed by atoms with van der Waals surface area (Å²) in [6.45, 7) is 8.83. The van der Waals surface area contributed by atoms with Crippen LogP contribution in [-0.2, 0) is 6.54 Å². The number of aryl methyl sites for hydroxylation is 3. The predicted octanol–water partition coefficient (Wildman–Crippen LogP) is 2.97. The molecule has 3 N–H and O–H groups in total. The summed E-state index contributed by atoms with van der Waals surface area (Å²) in [6.07, 6.45) is 0. The normalized spacial score (nSPS) is 10.7. The van der Waals surface area contributed by atoms with Gasteiger partial charge >= 0.3 is 0 Å². The average molecular weight is 262 g/mol. The lowest BCUT2D eigenvalue weighted by Gasteiger charge is -2.09. The number of rotatable bonds is 3. The van der Waals surface area contributed by atoms with Crippen molar-refractivity contribution in [3.05, 3.63) is 32.8 Å².